The van der Waals surface area contributed by atoms with Gasteiger partial charge in [-0.1, -0.05) is 29.8 Å². The Bertz CT molecular complexity index is 405. The minimum Gasteiger partial charge on any atom is -0.393 e. The van der Waals surface area contributed by atoms with E-state index in [1.165, 1.54) is 11.1 Å². The molecule has 0 aliphatic carbocycles. The molecular formula is C16H26N2O. The van der Waals surface area contributed by atoms with Gasteiger partial charge >= 0.3 is 0 Å². The van der Waals surface area contributed by atoms with Crippen LogP contribution in [0.15, 0.2) is 24.3 Å². The van der Waals surface area contributed by atoms with Gasteiger partial charge in [0.05, 0.1) is 6.10 Å². The summed E-state index contributed by atoms with van der Waals surface area (Å²) in [5, 5.41) is 9.60. The van der Waals surface area contributed by atoms with Crippen molar-refractivity contribution in [2.75, 3.05) is 19.6 Å². The van der Waals surface area contributed by atoms with E-state index in [4.69, 9.17) is 5.73 Å². The number of benzene rings is 1. The second kappa shape index (κ2) is 6.51. The van der Waals surface area contributed by atoms with Gasteiger partial charge in [-0.15, -0.1) is 0 Å². The van der Waals surface area contributed by atoms with Crippen LogP contribution in [0.5, 0.6) is 0 Å². The third-order valence-electron chi connectivity index (χ3n) is 4.22. The Balaban J connectivity index is 1.80. The SMILES string of the molecule is Cc1cccc(C(N)CCN2CCC(C(C)O)C2)c1. The number of rotatable bonds is 5. The molecule has 106 valence electrons. The molecule has 2 rings (SSSR count). The highest BCUT2D eigenvalue weighted by molar-refractivity contribution is 5.24. The maximum Gasteiger partial charge on any atom is 0.0552 e. The number of hydrogen-bond acceptors (Lipinski definition) is 3. The summed E-state index contributed by atoms with van der Waals surface area (Å²) >= 11 is 0. The maximum atomic E-state index is 9.60. The fraction of sp³-hybridized carbons (Fsp3) is 0.625. The second-order valence-electron chi connectivity index (χ2n) is 5.90. The predicted octanol–water partition coefficient (Wildman–Crippen LogP) is 2.09. The molecule has 3 N–H and O–H groups in total. The van der Waals surface area contributed by atoms with Gasteiger partial charge in [-0.2, -0.15) is 0 Å². The van der Waals surface area contributed by atoms with E-state index in [9.17, 15) is 5.11 Å². The fourth-order valence-corrected chi connectivity index (χ4v) is 2.85. The average Bonchev–Trinajstić information content (AvgIpc) is 2.85. The Labute approximate surface area is 116 Å². The van der Waals surface area contributed by atoms with Crippen LogP contribution in [0.2, 0.25) is 0 Å². The minimum absolute atomic E-state index is 0.116. The molecule has 1 fully saturated rings. The van der Waals surface area contributed by atoms with Crippen molar-refractivity contribution in [3.63, 3.8) is 0 Å². The third-order valence-corrected chi connectivity index (χ3v) is 4.22. The molecule has 3 nitrogen and oxygen atoms in total. The zero-order valence-electron chi connectivity index (χ0n) is 12.0. The summed E-state index contributed by atoms with van der Waals surface area (Å²) in [5.41, 5.74) is 8.76. The summed E-state index contributed by atoms with van der Waals surface area (Å²) in [6.45, 7) is 7.13. The van der Waals surface area contributed by atoms with Gasteiger partial charge in [0.25, 0.3) is 0 Å². The molecule has 19 heavy (non-hydrogen) atoms. The first-order valence-corrected chi connectivity index (χ1v) is 7.29. The van der Waals surface area contributed by atoms with Gasteiger partial charge in [-0.25, -0.2) is 0 Å². The summed E-state index contributed by atoms with van der Waals surface area (Å²) in [5.74, 6) is 0.440. The summed E-state index contributed by atoms with van der Waals surface area (Å²) in [6, 6.07) is 8.58. The van der Waals surface area contributed by atoms with E-state index < -0.39 is 0 Å². The molecule has 0 saturated carbocycles. The molecule has 0 spiro atoms. The van der Waals surface area contributed by atoms with Crippen LogP contribution in [0, 0.1) is 12.8 Å². The molecule has 1 saturated heterocycles. The van der Waals surface area contributed by atoms with Crippen molar-refractivity contribution in [1.82, 2.24) is 4.90 Å². The molecule has 1 aliphatic rings. The predicted molar refractivity (Wildman–Crippen MR) is 79.0 cm³/mol. The molecule has 1 aromatic carbocycles. The first-order valence-electron chi connectivity index (χ1n) is 7.29. The van der Waals surface area contributed by atoms with Crippen LogP contribution < -0.4 is 5.73 Å². The van der Waals surface area contributed by atoms with Crippen LogP contribution >= 0.6 is 0 Å². The molecule has 0 radical (unpaired) electrons. The lowest BCUT2D eigenvalue weighted by Gasteiger charge is -2.20. The fourth-order valence-electron chi connectivity index (χ4n) is 2.85. The Kier molecular flexibility index (Phi) is 4.97. The lowest BCUT2D eigenvalue weighted by Crippen LogP contribution is -2.27. The normalized spacial score (nSPS) is 23.5. The van der Waals surface area contributed by atoms with Crippen molar-refractivity contribution in [3.05, 3.63) is 35.4 Å². The Morgan fingerprint density at radius 1 is 1.47 bits per heavy atom. The van der Waals surface area contributed by atoms with Gasteiger partial charge in [-0.3, -0.25) is 0 Å². The Morgan fingerprint density at radius 3 is 2.89 bits per heavy atom. The van der Waals surface area contributed by atoms with Gasteiger partial charge in [0, 0.05) is 12.6 Å². The average molecular weight is 262 g/mol. The number of aliphatic hydroxyl groups excluding tert-OH is 1. The summed E-state index contributed by atoms with van der Waals surface area (Å²) in [7, 11) is 0. The number of nitrogens with two attached hydrogens (primary N) is 1. The van der Waals surface area contributed by atoms with E-state index in [1.807, 2.05) is 6.92 Å². The largest absolute Gasteiger partial charge is 0.393 e. The molecule has 1 aliphatic heterocycles. The van der Waals surface area contributed by atoms with Gasteiger partial charge in [0.15, 0.2) is 0 Å². The smallest absolute Gasteiger partial charge is 0.0552 e. The summed E-state index contributed by atoms with van der Waals surface area (Å²) < 4.78 is 0. The van der Waals surface area contributed by atoms with Crippen molar-refractivity contribution < 1.29 is 5.11 Å². The Morgan fingerprint density at radius 2 is 2.26 bits per heavy atom. The molecule has 1 aromatic rings. The highest BCUT2D eigenvalue weighted by Gasteiger charge is 2.25. The van der Waals surface area contributed by atoms with Crippen molar-refractivity contribution in [2.24, 2.45) is 11.7 Å². The third kappa shape index (κ3) is 4.03. The molecule has 1 heterocycles. The van der Waals surface area contributed by atoms with E-state index in [2.05, 4.69) is 36.1 Å². The minimum atomic E-state index is -0.185. The number of aliphatic hydroxyl groups is 1. The molecule has 0 aromatic heterocycles. The lowest BCUT2D eigenvalue weighted by atomic mass is 10.0. The number of likely N-dealkylation sites (tertiary alicyclic amines) is 1. The van der Waals surface area contributed by atoms with E-state index in [1.54, 1.807) is 0 Å². The number of aryl methyl sites for hydroxylation is 1. The molecule has 3 atom stereocenters. The molecule has 0 bridgehead atoms. The van der Waals surface area contributed by atoms with Crippen molar-refractivity contribution in [2.45, 2.75) is 38.8 Å². The zero-order chi connectivity index (χ0) is 13.8. The first-order chi connectivity index (χ1) is 9.06. The zero-order valence-corrected chi connectivity index (χ0v) is 12.0. The maximum absolute atomic E-state index is 9.60. The quantitative estimate of drug-likeness (QED) is 0.854. The van der Waals surface area contributed by atoms with Crippen LogP contribution in [0.25, 0.3) is 0 Å². The van der Waals surface area contributed by atoms with Gasteiger partial charge in [-0.05, 0) is 51.3 Å². The topological polar surface area (TPSA) is 49.5 Å². The summed E-state index contributed by atoms with van der Waals surface area (Å²) in [6.07, 6.45) is 1.91. The van der Waals surface area contributed by atoms with Gasteiger partial charge in [0.2, 0.25) is 0 Å². The Hall–Kier alpha value is -0.900. The molecule has 0 amide bonds. The second-order valence-corrected chi connectivity index (χ2v) is 5.90. The molecule has 3 unspecified atom stereocenters. The standard InChI is InChI=1S/C16H26N2O/c1-12-4-3-5-14(10-12)16(17)7-9-18-8-6-15(11-18)13(2)19/h3-5,10,13,15-16,19H,6-9,11,17H2,1-2H3. The van der Waals surface area contributed by atoms with Gasteiger partial charge < -0.3 is 15.7 Å². The van der Waals surface area contributed by atoms with Gasteiger partial charge in [0.1, 0.15) is 0 Å². The number of nitrogens with zero attached hydrogens (tertiary/aromatic N) is 1. The van der Waals surface area contributed by atoms with E-state index in [0.29, 0.717) is 5.92 Å². The van der Waals surface area contributed by atoms with Crippen molar-refractivity contribution in [1.29, 1.82) is 0 Å². The van der Waals surface area contributed by atoms with Crippen molar-refractivity contribution in [3.8, 4) is 0 Å². The van der Waals surface area contributed by atoms with Crippen LogP contribution in [-0.2, 0) is 0 Å². The lowest BCUT2D eigenvalue weighted by molar-refractivity contribution is 0.127. The summed E-state index contributed by atoms with van der Waals surface area (Å²) in [4.78, 5) is 2.42. The highest BCUT2D eigenvalue weighted by atomic mass is 16.3. The molecular weight excluding hydrogens is 236 g/mol. The van der Waals surface area contributed by atoms with Crippen LogP contribution in [0.4, 0.5) is 0 Å². The van der Waals surface area contributed by atoms with Crippen LogP contribution in [0.1, 0.15) is 36.9 Å². The number of hydrogen-bond donors (Lipinski definition) is 2. The monoisotopic (exact) mass is 262 g/mol. The molecule has 3 heteroatoms. The van der Waals surface area contributed by atoms with Crippen LogP contribution in [0.3, 0.4) is 0 Å². The van der Waals surface area contributed by atoms with Crippen LogP contribution in [-0.4, -0.2) is 35.7 Å². The van der Waals surface area contributed by atoms with E-state index in [-0.39, 0.29) is 12.1 Å². The van der Waals surface area contributed by atoms with E-state index >= 15 is 0 Å². The van der Waals surface area contributed by atoms with E-state index in [0.717, 1.165) is 32.5 Å². The van der Waals surface area contributed by atoms with Crippen molar-refractivity contribution >= 4 is 0 Å². The highest BCUT2D eigenvalue weighted by Crippen LogP contribution is 2.22. The first kappa shape index (κ1) is 14.5.